The van der Waals surface area contributed by atoms with E-state index in [4.69, 9.17) is 0 Å². The normalized spacial score (nSPS) is 11.5. The molecule has 76 valence electrons. The van der Waals surface area contributed by atoms with Crippen LogP contribution in [-0.2, 0) is 4.57 Å². The molecule has 0 heterocycles. The fourth-order valence-electron chi connectivity index (χ4n) is 1.07. The summed E-state index contributed by atoms with van der Waals surface area (Å²) in [5.74, 6) is 0. The SMILES string of the molecule is CN(C)P(=O)(N(C)C)N(C)C.[Br-].[Li+]. The summed E-state index contributed by atoms with van der Waals surface area (Å²) >= 11 is 0. The molecule has 0 atom stereocenters. The van der Waals surface area contributed by atoms with Crippen molar-refractivity contribution in [1.82, 2.24) is 14.0 Å². The molecular weight excluding hydrogens is 248 g/mol. The minimum atomic E-state index is -2.44. The first kappa shape index (κ1) is 19.7. The van der Waals surface area contributed by atoms with E-state index in [1.165, 1.54) is 0 Å². The van der Waals surface area contributed by atoms with Crippen molar-refractivity contribution in [1.29, 1.82) is 0 Å². The predicted molar refractivity (Wildman–Crippen MR) is 48.7 cm³/mol. The van der Waals surface area contributed by atoms with E-state index in [-0.39, 0.29) is 35.8 Å². The van der Waals surface area contributed by atoms with Gasteiger partial charge in [-0.15, -0.1) is 0 Å². The van der Waals surface area contributed by atoms with Crippen molar-refractivity contribution in [3.63, 3.8) is 0 Å². The second kappa shape index (κ2) is 7.48. The van der Waals surface area contributed by atoms with Gasteiger partial charge >= 0.3 is 18.9 Å². The van der Waals surface area contributed by atoms with Crippen LogP contribution in [0.2, 0.25) is 0 Å². The third-order valence-electron chi connectivity index (χ3n) is 1.56. The van der Waals surface area contributed by atoms with Crippen LogP contribution in [0.25, 0.3) is 0 Å². The smallest absolute Gasteiger partial charge is 1.00 e. The topological polar surface area (TPSA) is 26.8 Å². The number of hydrogen-bond acceptors (Lipinski definition) is 1. The molecule has 0 rings (SSSR count). The van der Waals surface area contributed by atoms with E-state index in [9.17, 15) is 4.57 Å². The zero-order chi connectivity index (χ0) is 9.23. The quantitative estimate of drug-likeness (QED) is 0.377. The molecule has 0 aliphatic carbocycles. The van der Waals surface area contributed by atoms with Gasteiger partial charge in [0.1, 0.15) is 0 Å². The van der Waals surface area contributed by atoms with Gasteiger partial charge in [0.05, 0.1) is 0 Å². The Morgan fingerprint density at radius 3 is 0.923 bits per heavy atom. The fourth-order valence-corrected chi connectivity index (χ4v) is 3.22. The summed E-state index contributed by atoms with van der Waals surface area (Å²) < 4.78 is 17.3. The molecule has 0 aliphatic heterocycles. The van der Waals surface area contributed by atoms with Crippen molar-refractivity contribution < 1.29 is 40.4 Å². The van der Waals surface area contributed by atoms with Gasteiger partial charge in [0.15, 0.2) is 0 Å². The van der Waals surface area contributed by atoms with E-state index in [0.717, 1.165) is 0 Å². The van der Waals surface area contributed by atoms with Crippen LogP contribution in [0.4, 0.5) is 0 Å². The van der Waals surface area contributed by atoms with Gasteiger partial charge in [0.2, 0.25) is 0 Å². The van der Waals surface area contributed by atoms with Crippen molar-refractivity contribution >= 4 is 7.59 Å². The second-order valence-corrected chi connectivity index (χ2v) is 6.48. The van der Waals surface area contributed by atoms with Gasteiger partial charge < -0.3 is 17.0 Å². The van der Waals surface area contributed by atoms with Gasteiger partial charge in [-0.05, 0) is 42.3 Å². The molecule has 0 spiro atoms. The molecule has 0 radical (unpaired) electrons. The Hall–Kier alpha value is 1.19. The van der Waals surface area contributed by atoms with E-state index < -0.39 is 7.59 Å². The maximum Gasteiger partial charge on any atom is 1.00 e. The summed E-state index contributed by atoms with van der Waals surface area (Å²) in [6.45, 7) is 0. The molecular formula is C6H18BrLiN3OP. The third-order valence-corrected chi connectivity index (χ3v) is 4.69. The summed E-state index contributed by atoms with van der Waals surface area (Å²) in [6, 6.07) is 0. The molecule has 0 unspecified atom stereocenters. The van der Waals surface area contributed by atoms with Crippen molar-refractivity contribution in [2.24, 2.45) is 0 Å². The van der Waals surface area contributed by atoms with Crippen molar-refractivity contribution in [2.75, 3.05) is 42.3 Å². The van der Waals surface area contributed by atoms with Crippen LogP contribution in [0.5, 0.6) is 0 Å². The molecule has 0 amide bonds. The average Bonchev–Trinajstić information content (AvgIpc) is 1.84. The molecule has 0 aromatic heterocycles. The van der Waals surface area contributed by atoms with Gasteiger partial charge in [-0.2, -0.15) is 0 Å². The minimum absolute atomic E-state index is 0. The molecule has 13 heavy (non-hydrogen) atoms. The molecule has 7 heteroatoms. The van der Waals surface area contributed by atoms with E-state index in [1.54, 1.807) is 14.0 Å². The van der Waals surface area contributed by atoms with Gasteiger partial charge in [0, 0.05) is 0 Å². The molecule has 0 saturated carbocycles. The Morgan fingerprint density at radius 1 is 0.769 bits per heavy atom. The number of hydrogen-bond donors (Lipinski definition) is 0. The zero-order valence-electron chi connectivity index (χ0n) is 9.58. The summed E-state index contributed by atoms with van der Waals surface area (Å²) in [7, 11) is 8.49. The Bertz CT molecular complexity index is 149. The predicted octanol–water partition coefficient (Wildman–Crippen LogP) is -5.21. The summed E-state index contributed by atoms with van der Waals surface area (Å²) in [5.41, 5.74) is 0. The molecule has 4 nitrogen and oxygen atoms in total. The Balaban J connectivity index is -0.000000500. The van der Waals surface area contributed by atoms with Crippen molar-refractivity contribution in [3.05, 3.63) is 0 Å². The van der Waals surface area contributed by atoms with Crippen LogP contribution in [0.3, 0.4) is 0 Å². The van der Waals surface area contributed by atoms with Crippen LogP contribution in [-0.4, -0.2) is 56.3 Å². The Morgan fingerprint density at radius 2 is 0.923 bits per heavy atom. The van der Waals surface area contributed by atoms with Gasteiger partial charge in [-0.1, -0.05) is 0 Å². The number of halogens is 1. The first-order valence-electron chi connectivity index (χ1n) is 3.47. The molecule has 0 bridgehead atoms. The van der Waals surface area contributed by atoms with Crippen LogP contribution in [0.15, 0.2) is 0 Å². The van der Waals surface area contributed by atoms with E-state index >= 15 is 0 Å². The fraction of sp³-hybridized carbons (Fsp3) is 1.00. The molecule has 0 fully saturated rings. The molecule has 0 aromatic rings. The van der Waals surface area contributed by atoms with Crippen LogP contribution >= 0.6 is 7.59 Å². The Labute approximate surface area is 104 Å². The summed E-state index contributed by atoms with van der Waals surface area (Å²) in [5, 5.41) is 0. The molecule has 0 aromatic carbocycles. The monoisotopic (exact) mass is 265 g/mol. The number of nitrogens with zero attached hydrogens (tertiary/aromatic N) is 3. The van der Waals surface area contributed by atoms with E-state index in [2.05, 4.69) is 0 Å². The van der Waals surface area contributed by atoms with Crippen LogP contribution in [0, 0.1) is 0 Å². The van der Waals surface area contributed by atoms with E-state index in [0.29, 0.717) is 0 Å². The first-order valence-corrected chi connectivity index (χ1v) is 5.03. The molecule has 0 N–H and O–H groups in total. The maximum atomic E-state index is 12.1. The van der Waals surface area contributed by atoms with Crippen molar-refractivity contribution in [2.45, 2.75) is 0 Å². The van der Waals surface area contributed by atoms with Gasteiger partial charge in [-0.25, -0.2) is 14.0 Å². The average molecular weight is 266 g/mol. The largest absolute Gasteiger partial charge is 1.00 e. The maximum absolute atomic E-state index is 12.1. The van der Waals surface area contributed by atoms with E-state index in [1.807, 2.05) is 42.3 Å². The standard InChI is InChI=1S/C6H18N3OP.BrH.Li/c1-7(2)11(10,8(3)4)9(5)6;;/h1-6H3;1H;/q;;+1/p-1. The number of rotatable bonds is 3. The minimum Gasteiger partial charge on any atom is -1.00 e. The summed E-state index contributed by atoms with van der Waals surface area (Å²) in [6.07, 6.45) is 0. The zero-order valence-corrected chi connectivity index (χ0v) is 12.1. The second-order valence-electron chi connectivity index (χ2n) is 3.05. The third kappa shape index (κ3) is 4.48. The Kier molecular flexibility index (Phi) is 11.3. The van der Waals surface area contributed by atoms with Gasteiger partial charge in [0.25, 0.3) is 7.59 Å². The summed E-state index contributed by atoms with van der Waals surface area (Å²) in [4.78, 5) is 0. The molecule has 0 aliphatic rings. The van der Waals surface area contributed by atoms with Gasteiger partial charge in [-0.3, -0.25) is 4.57 Å². The molecule has 0 saturated heterocycles. The van der Waals surface area contributed by atoms with Crippen LogP contribution in [0.1, 0.15) is 0 Å². The van der Waals surface area contributed by atoms with Crippen LogP contribution < -0.4 is 35.8 Å². The van der Waals surface area contributed by atoms with Crippen molar-refractivity contribution in [3.8, 4) is 0 Å². The first-order chi connectivity index (χ1) is 4.83.